The number of nitrogens with zero attached hydrogens (tertiary/aromatic N) is 1. The van der Waals surface area contributed by atoms with Crippen LogP contribution < -0.4 is 5.73 Å². The Morgan fingerprint density at radius 2 is 2.27 bits per heavy atom. The molecular formula is C12H11ClN2O5S2. The second-order valence-electron chi connectivity index (χ2n) is 4.79. The van der Waals surface area contributed by atoms with Gasteiger partial charge in [0.2, 0.25) is 5.91 Å². The number of thioether (sulfide) groups is 2. The van der Waals surface area contributed by atoms with Gasteiger partial charge in [0.1, 0.15) is 28.8 Å². The van der Waals surface area contributed by atoms with Crippen molar-refractivity contribution in [3.05, 3.63) is 21.2 Å². The number of rotatable bonds is 4. The molecule has 118 valence electrons. The third-order valence-corrected chi connectivity index (χ3v) is 6.49. The number of carbonyl (C=O) groups excluding carboxylic acids is 2. The number of amides is 1. The van der Waals surface area contributed by atoms with Crippen LogP contribution in [0.2, 0.25) is 0 Å². The van der Waals surface area contributed by atoms with Crippen LogP contribution in [0.5, 0.6) is 0 Å². The first kappa shape index (κ1) is 15.7. The van der Waals surface area contributed by atoms with Crippen molar-refractivity contribution in [2.75, 3.05) is 18.1 Å². The van der Waals surface area contributed by atoms with Crippen molar-refractivity contribution in [2.24, 2.45) is 5.73 Å². The maximum atomic E-state index is 11.8. The lowest BCUT2D eigenvalue weighted by Gasteiger charge is -2.48. The Bertz CT molecular complexity index is 647. The quantitative estimate of drug-likeness (QED) is 0.543. The fourth-order valence-corrected chi connectivity index (χ4v) is 4.98. The highest BCUT2D eigenvalue weighted by Gasteiger charge is 2.51. The van der Waals surface area contributed by atoms with Crippen molar-refractivity contribution in [3.8, 4) is 0 Å². The van der Waals surface area contributed by atoms with Crippen LogP contribution in [0.3, 0.4) is 0 Å². The Hall–Kier alpha value is -1.16. The highest BCUT2D eigenvalue weighted by molar-refractivity contribution is 8.03. The van der Waals surface area contributed by atoms with Gasteiger partial charge in [0.15, 0.2) is 0 Å². The Balaban J connectivity index is 1.80. The van der Waals surface area contributed by atoms with E-state index >= 15 is 0 Å². The molecule has 1 amide bonds. The number of hydrogen-bond donors (Lipinski definition) is 2. The second kappa shape index (κ2) is 5.80. The second-order valence-corrected chi connectivity index (χ2v) is 7.35. The van der Waals surface area contributed by atoms with E-state index in [1.165, 1.54) is 28.4 Å². The number of carboxylic acid groups (broad SMARTS) is 1. The number of esters is 1. The number of carboxylic acids is 1. The molecule has 0 aromatic carbocycles. The van der Waals surface area contributed by atoms with Crippen molar-refractivity contribution in [1.82, 2.24) is 4.90 Å². The Morgan fingerprint density at radius 1 is 1.55 bits per heavy atom. The Kier molecular flexibility index (Phi) is 4.15. The van der Waals surface area contributed by atoms with E-state index < -0.39 is 18.0 Å². The number of ether oxygens (including phenoxy) is 1. The molecule has 0 aliphatic carbocycles. The van der Waals surface area contributed by atoms with Gasteiger partial charge < -0.3 is 15.6 Å². The number of fused-ring (bicyclic) bond motifs is 1. The lowest BCUT2D eigenvalue weighted by molar-refractivity contribution is -0.147. The lowest BCUT2D eigenvalue weighted by atomic mass is 10.0. The highest BCUT2D eigenvalue weighted by Crippen LogP contribution is 2.41. The zero-order valence-electron chi connectivity index (χ0n) is 11.1. The van der Waals surface area contributed by atoms with E-state index in [1.54, 1.807) is 0 Å². The molecule has 22 heavy (non-hydrogen) atoms. The number of hydrogen-bond acceptors (Lipinski definition) is 7. The lowest BCUT2D eigenvalue weighted by Crippen LogP contribution is -2.68. The maximum absolute atomic E-state index is 11.8. The van der Waals surface area contributed by atoms with Crippen LogP contribution in [-0.4, -0.2) is 57.4 Å². The van der Waals surface area contributed by atoms with Gasteiger partial charge in [-0.1, -0.05) is 11.6 Å². The average molecular weight is 363 g/mol. The number of halogens is 1. The van der Waals surface area contributed by atoms with E-state index in [2.05, 4.69) is 0 Å². The first-order valence-corrected chi connectivity index (χ1v) is 8.67. The van der Waals surface area contributed by atoms with Gasteiger partial charge in [-0.15, -0.1) is 23.5 Å². The molecule has 3 aliphatic heterocycles. The molecule has 3 aliphatic rings. The van der Waals surface area contributed by atoms with Gasteiger partial charge in [-0.2, -0.15) is 0 Å². The molecule has 0 radical (unpaired) electrons. The van der Waals surface area contributed by atoms with Crippen LogP contribution in [0.1, 0.15) is 0 Å². The van der Waals surface area contributed by atoms with Gasteiger partial charge in [0.25, 0.3) is 0 Å². The predicted octanol–water partition coefficient (Wildman–Crippen LogP) is 0.308. The summed E-state index contributed by atoms with van der Waals surface area (Å²) in [7, 11) is 0. The van der Waals surface area contributed by atoms with Crippen LogP contribution in [0.25, 0.3) is 0 Å². The first-order valence-electron chi connectivity index (χ1n) is 6.26. The largest absolute Gasteiger partial charge is 0.477 e. The SMILES string of the molecule is N[C@@H]1C(=O)N2C(C(=O)O)=C(CSC3=C(Cl)C(=O)OC3)CS[C@H]12. The molecule has 7 nitrogen and oxygen atoms in total. The van der Waals surface area contributed by atoms with Gasteiger partial charge in [0, 0.05) is 16.4 Å². The number of carbonyl (C=O) groups is 3. The molecule has 0 spiro atoms. The number of cyclic esters (lactones) is 1. The minimum Gasteiger partial charge on any atom is -0.477 e. The monoisotopic (exact) mass is 362 g/mol. The van der Waals surface area contributed by atoms with E-state index in [0.717, 1.165) is 0 Å². The molecule has 0 saturated carbocycles. The van der Waals surface area contributed by atoms with Crippen LogP contribution >= 0.6 is 35.1 Å². The summed E-state index contributed by atoms with van der Waals surface area (Å²) >= 11 is 8.50. The summed E-state index contributed by atoms with van der Waals surface area (Å²) in [5.74, 6) is -1.31. The van der Waals surface area contributed by atoms with Crippen molar-refractivity contribution in [2.45, 2.75) is 11.4 Å². The Labute approximate surface area is 138 Å². The van der Waals surface area contributed by atoms with E-state index in [-0.39, 0.29) is 28.6 Å². The van der Waals surface area contributed by atoms with Crippen LogP contribution in [0, 0.1) is 0 Å². The summed E-state index contributed by atoms with van der Waals surface area (Å²) in [5, 5.41) is 9.11. The zero-order valence-corrected chi connectivity index (χ0v) is 13.5. The molecule has 1 fully saturated rings. The molecule has 0 aromatic rings. The molecule has 0 aromatic heterocycles. The molecule has 10 heteroatoms. The standard InChI is InChI=1S/C12H11ClN2O5S2/c13-6-5(1-20-12(6)19)21-2-4-3-22-10-7(14)9(16)15(10)8(4)11(17)18/h7,10H,1-3,14H2,(H,17,18)/t7-,10-/m1/s1. The van der Waals surface area contributed by atoms with E-state index in [0.29, 0.717) is 22.0 Å². The normalized spacial score (nSPS) is 27.8. The van der Waals surface area contributed by atoms with Crippen molar-refractivity contribution >= 4 is 53.0 Å². The predicted molar refractivity (Wildman–Crippen MR) is 82.0 cm³/mol. The third kappa shape index (κ3) is 2.41. The fourth-order valence-electron chi connectivity index (χ4n) is 2.34. The maximum Gasteiger partial charge on any atom is 0.352 e. The van der Waals surface area contributed by atoms with Gasteiger partial charge in [0.05, 0.1) is 0 Å². The zero-order chi connectivity index (χ0) is 16.0. The first-order chi connectivity index (χ1) is 10.4. The number of β-lactam (4-membered cyclic amide) rings is 1. The molecule has 3 N–H and O–H groups in total. The van der Waals surface area contributed by atoms with Crippen molar-refractivity contribution < 1.29 is 24.2 Å². The minimum absolute atomic E-state index is 0.00934. The van der Waals surface area contributed by atoms with Crippen molar-refractivity contribution in [3.63, 3.8) is 0 Å². The van der Waals surface area contributed by atoms with Crippen molar-refractivity contribution in [1.29, 1.82) is 0 Å². The van der Waals surface area contributed by atoms with Crippen LogP contribution in [-0.2, 0) is 19.1 Å². The molecule has 3 rings (SSSR count). The molecule has 3 heterocycles. The Morgan fingerprint density at radius 3 is 2.86 bits per heavy atom. The summed E-state index contributed by atoms with van der Waals surface area (Å²) in [6.45, 7) is 0.0985. The highest BCUT2D eigenvalue weighted by atomic mass is 35.5. The van der Waals surface area contributed by atoms with E-state index in [4.69, 9.17) is 22.1 Å². The molecular weight excluding hydrogens is 352 g/mol. The molecule has 2 atom stereocenters. The smallest absolute Gasteiger partial charge is 0.352 e. The molecule has 1 saturated heterocycles. The fraction of sp³-hybridized carbons (Fsp3) is 0.417. The average Bonchev–Trinajstić information content (AvgIpc) is 2.82. The number of aliphatic carboxylic acids is 1. The number of nitrogens with two attached hydrogens (primary N) is 1. The van der Waals surface area contributed by atoms with Gasteiger partial charge in [-0.05, 0) is 5.57 Å². The van der Waals surface area contributed by atoms with Gasteiger partial charge in [-0.25, -0.2) is 9.59 Å². The van der Waals surface area contributed by atoms with Crippen LogP contribution in [0.4, 0.5) is 0 Å². The van der Waals surface area contributed by atoms with E-state index in [1.807, 2.05) is 0 Å². The van der Waals surface area contributed by atoms with E-state index in [9.17, 15) is 19.5 Å². The summed E-state index contributed by atoms with van der Waals surface area (Å²) in [6.07, 6.45) is 0. The summed E-state index contributed by atoms with van der Waals surface area (Å²) in [4.78, 5) is 36.3. The third-order valence-electron chi connectivity index (χ3n) is 3.47. The molecule has 0 bridgehead atoms. The summed E-state index contributed by atoms with van der Waals surface area (Å²) in [6, 6.07) is -0.647. The summed E-state index contributed by atoms with van der Waals surface area (Å²) < 4.78 is 4.79. The minimum atomic E-state index is -1.15. The van der Waals surface area contributed by atoms with Gasteiger partial charge >= 0.3 is 11.9 Å². The molecule has 0 unspecified atom stereocenters. The van der Waals surface area contributed by atoms with Gasteiger partial charge in [-0.3, -0.25) is 9.69 Å². The summed E-state index contributed by atoms with van der Waals surface area (Å²) in [5.41, 5.74) is 6.28. The topological polar surface area (TPSA) is 110 Å². The van der Waals surface area contributed by atoms with Crippen LogP contribution in [0.15, 0.2) is 21.2 Å².